The van der Waals surface area contributed by atoms with Crippen LogP contribution in [0.15, 0.2) is 57.5 Å². The van der Waals surface area contributed by atoms with Crippen LogP contribution in [0.5, 0.6) is 5.75 Å². The van der Waals surface area contributed by atoms with Crippen LogP contribution in [0.4, 0.5) is 0 Å². The zero-order valence-corrected chi connectivity index (χ0v) is 23.2. The molecule has 33 heavy (non-hydrogen) atoms. The minimum absolute atomic E-state index is 0.125. The highest BCUT2D eigenvalue weighted by Gasteiger charge is 2.33. The van der Waals surface area contributed by atoms with E-state index >= 15 is 0 Å². The maximum absolute atomic E-state index is 13.6. The summed E-state index contributed by atoms with van der Waals surface area (Å²) in [5.41, 5.74) is 3.05. The molecular formula is C24H20I2N2O4S. The Morgan fingerprint density at radius 3 is 2.61 bits per heavy atom. The number of fused-ring (bicyclic) bond motifs is 1. The van der Waals surface area contributed by atoms with E-state index in [-0.39, 0.29) is 17.9 Å². The monoisotopic (exact) mass is 686 g/mol. The van der Waals surface area contributed by atoms with E-state index in [1.807, 2.05) is 43.3 Å². The van der Waals surface area contributed by atoms with Crippen molar-refractivity contribution in [2.45, 2.75) is 26.8 Å². The summed E-state index contributed by atoms with van der Waals surface area (Å²) in [5.74, 6) is -0.358. The number of hydrogen-bond acceptors (Lipinski definition) is 6. The molecule has 1 N–H and O–H groups in total. The van der Waals surface area contributed by atoms with Gasteiger partial charge in [-0.15, -0.1) is 0 Å². The highest BCUT2D eigenvalue weighted by Crippen LogP contribution is 2.31. The summed E-state index contributed by atoms with van der Waals surface area (Å²) in [5, 5.41) is 10.5. The summed E-state index contributed by atoms with van der Waals surface area (Å²) in [6.07, 6.45) is 1.68. The van der Waals surface area contributed by atoms with Gasteiger partial charge in [0, 0.05) is 9.13 Å². The van der Waals surface area contributed by atoms with Gasteiger partial charge in [-0.3, -0.25) is 9.36 Å². The summed E-state index contributed by atoms with van der Waals surface area (Å²) in [7, 11) is 0. The Labute approximate surface area is 221 Å². The van der Waals surface area contributed by atoms with E-state index in [9.17, 15) is 14.7 Å². The minimum atomic E-state index is -0.646. The van der Waals surface area contributed by atoms with Crippen LogP contribution >= 0.6 is 56.5 Å². The topological polar surface area (TPSA) is 80.9 Å². The predicted octanol–water partition coefficient (Wildman–Crippen LogP) is 4.02. The molecule has 6 nitrogen and oxygen atoms in total. The fraction of sp³-hybridized carbons (Fsp3) is 0.208. The summed E-state index contributed by atoms with van der Waals surface area (Å²) in [4.78, 5) is 31.6. The highest BCUT2D eigenvalue weighted by molar-refractivity contribution is 14.1. The van der Waals surface area contributed by atoms with Crippen molar-refractivity contribution in [3.63, 3.8) is 0 Å². The number of ether oxygens (including phenoxy) is 1. The Kier molecular flexibility index (Phi) is 7.10. The van der Waals surface area contributed by atoms with Crippen LogP contribution in [-0.4, -0.2) is 22.2 Å². The first-order valence-corrected chi connectivity index (χ1v) is 13.1. The molecule has 1 atom stereocenters. The second kappa shape index (κ2) is 9.71. The van der Waals surface area contributed by atoms with Crippen molar-refractivity contribution in [3.05, 3.63) is 91.2 Å². The molecule has 0 saturated heterocycles. The second-order valence-corrected chi connectivity index (χ2v) is 11.0. The number of phenols is 1. The Morgan fingerprint density at radius 1 is 1.24 bits per heavy atom. The minimum Gasteiger partial charge on any atom is -0.506 e. The van der Waals surface area contributed by atoms with Crippen molar-refractivity contribution < 1.29 is 14.6 Å². The number of hydrogen-bond donors (Lipinski definition) is 1. The van der Waals surface area contributed by atoms with Crippen LogP contribution in [0.3, 0.4) is 0 Å². The number of rotatable bonds is 4. The van der Waals surface area contributed by atoms with E-state index in [4.69, 9.17) is 4.74 Å². The van der Waals surface area contributed by atoms with E-state index < -0.39 is 12.0 Å². The van der Waals surface area contributed by atoms with Gasteiger partial charge in [0.05, 0.1) is 32.0 Å². The first-order valence-electron chi connectivity index (χ1n) is 10.2. The van der Waals surface area contributed by atoms with Crippen molar-refractivity contribution >= 4 is 68.6 Å². The number of thiazole rings is 1. The number of nitrogens with zero attached hydrogens (tertiary/aromatic N) is 2. The van der Waals surface area contributed by atoms with Crippen LogP contribution in [0.25, 0.3) is 6.08 Å². The molecule has 0 unspecified atom stereocenters. The molecule has 1 aromatic heterocycles. The van der Waals surface area contributed by atoms with Gasteiger partial charge in [-0.05, 0) is 89.7 Å². The maximum atomic E-state index is 13.6. The highest BCUT2D eigenvalue weighted by atomic mass is 127. The van der Waals surface area contributed by atoms with Gasteiger partial charge in [0.2, 0.25) is 0 Å². The molecule has 170 valence electrons. The summed E-state index contributed by atoms with van der Waals surface area (Å²) >= 11 is 5.48. The molecule has 0 fully saturated rings. The average molecular weight is 686 g/mol. The zero-order chi connectivity index (χ0) is 23.9. The number of carbonyl (C=O) groups excluding carboxylic acids is 1. The molecule has 2 heterocycles. The number of esters is 1. The number of carbonyl (C=O) groups is 1. The number of aromatic hydroxyl groups is 1. The van der Waals surface area contributed by atoms with Gasteiger partial charge < -0.3 is 9.84 Å². The average Bonchev–Trinajstić information content (AvgIpc) is 3.06. The van der Waals surface area contributed by atoms with Crippen LogP contribution in [0.2, 0.25) is 0 Å². The molecule has 2 aromatic carbocycles. The lowest BCUT2D eigenvalue weighted by atomic mass is 9.95. The predicted molar refractivity (Wildman–Crippen MR) is 145 cm³/mol. The smallest absolute Gasteiger partial charge is 0.338 e. The first-order chi connectivity index (χ1) is 15.7. The third-order valence-electron chi connectivity index (χ3n) is 5.25. The van der Waals surface area contributed by atoms with Gasteiger partial charge in [0.15, 0.2) is 4.80 Å². The van der Waals surface area contributed by atoms with Crippen LogP contribution in [0, 0.1) is 14.1 Å². The summed E-state index contributed by atoms with van der Waals surface area (Å²) in [6, 6.07) is 10.8. The quantitative estimate of drug-likeness (QED) is 0.333. The molecule has 0 amide bonds. The molecule has 0 bridgehead atoms. The normalized spacial score (nSPS) is 15.9. The molecule has 0 radical (unpaired) electrons. The maximum Gasteiger partial charge on any atom is 0.338 e. The fourth-order valence-corrected chi connectivity index (χ4v) is 6.62. The number of phenolic OH excluding ortho intramolecular Hbond substituents is 1. The van der Waals surface area contributed by atoms with Gasteiger partial charge in [0.25, 0.3) is 5.56 Å². The van der Waals surface area contributed by atoms with Crippen molar-refractivity contribution in [2.24, 2.45) is 4.99 Å². The number of halogens is 2. The lowest BCUT2D eigenvalue weighted by molar-refractivity contribution is -0.139. The number of benzene rings is 2. The van der Waals surface area contributed by atoms with E-state index in [2.05, 4.69) is 50.2 Å². The number of allylic oxidation sites excluding steroid dienone is 1. The summed E-state index contributed by atoms with van der Waals surface area (Å²) in [6.45, 7) is 5.72. The lowest BCUT2D eigenvalue weighted by Gasteiger charge is -2.24. The van der Waals surface area contributed by atoms with E-state index in [1.165, 1.54) is 11.3 Å². The molecule has 1 aliphatic heterocycles. The van der Waals surface area contributed by atoms with Crippen molar-refractivity contribution in [2.75, 3.05) is 6.61 Å². The third-order valence-corrected chi connectivity index (χ3v) is 7.68. The molecule has 3 aromatic rings. The fourth-order valence-electron chi connectivity index (χ4n) is 3.69. The SMILES string of the molecule is CCOC(=O)C1=C(C)N=c2s/c(=C\c3cc(I)cc(I)c3O)c(=O)n2[C@@H]1c1ccc(C)cc1. The van der Waals surface area contributed by atoms with Crippen molar-refractivity contribution in [3.8, 4) is 5.75 Å². The Morgan fingerprint density at radius 2 is 1.94 bits per heavy atom. The van der Waals surface area contributed by atoms with Crippen LogP contribution < -0.4 is 14.9 Å². The van der Waals surface area contributed by atoms with Crippen LogP contribution in [-0.2, 0) is 9.53 Å². The Bertz CT molecular complexity index is 1470. The second-order valence-electron chi connectivity index (χ2n) is 7.54. The number of aromatic nitrogens is 1. The van der Waals surface area contributed by atoms with E-state index in [0.717, 1.165) is 14.7 Å². The van der Waals surface area contributed by atoms with Gasteiger partial charge in [-0.2, -0.15) is 0 Å². The van der Waals surface area contributed by atoms with Crippen molar-refractivity contribution in [1.29, 1.82) is 0 Å². The molecule has 0 spiro atoms. The van der Waals surface area contributed by atoms with Gasteiger partial charge in [-0.1, -0.05) is 41.2 Å². The molecule has 0 saturated carbocycles. The van der Waals surface area contributed by atoms with Gasteiger partial charge >= 0.3 is 5.97 Å². The first kappa shape index (κ1) is 24.1. The van der Waals surface area contributed by atoms with Gasteiger partial charge in [-0.25, -0.2) is 9.79 Å². The van der Waals surface area contributed by atoms with E-state index in [1.54, 1.807) is 24.5 Å². The van der Waals surface area contributed by atoms with E-state index in [0.29, 0.717) is 29.7 Å². The zero-order valence-electron chi connectivity index (χ0n) is 18.1. The Balaban J connectivity index is 1.98. The lowest BCUT2D eigenvalue weighted by Crippen LogP contribution is -2.39. The van der Waals surface area contributed by atoms with Crippen molar-refractivity contribution in [1.82, 2.24) is 4.57 Å². The van der Waals surface area contributed by atoms with Gasteiger partial charge in [0.1, 0.15) is 5.75 Å². The molecule has 0 aliphatic carbocycles. The van der Waals surface area contributed by atoms with Crippen LogP contribution in [0.1, 0.15) is 36.6 Å². The molecular weight excluding hydrogens is 666 g/mol. The Hall–Kier alpha value is -1.99. The largest absolute Gasteiger partial charge is 0.506 e. The standard InChI is InChI=1S/C24H20I2N2O4S/c1-4-32-23(31)19-13(3)27-24-28(20(19)14-7-5-12(2)6-8-14)22(30)18(33-24)10-15-9-16(25)11-17(26)21(15)29/h5-11,20,29H,4H2,1-3H3/b18-10-/t20-/m1/s1. The third kappa shape index (κ3) is 4.67. The molecule has 9 heteroatoms. The number of aryl methyl sites for hydroxylation is 1. The molecule has 1 aliphatic rings. The summed E-state index contributed by atoms with van der Waals surface area (Å²) < 4.78 is 8.95. The molecule has 4 rings (SSSR count).